The Bertz CT molecular complexity index is 717. The molecule has 0 aromatic heterocycles. The van der Waals surface area contributed by atoms with Gasteiger partial charge in [-0.05, 0) is 80.6 Å². The first-order chi connectivity index (χ1) is 14.2. The molecule has 2 aromatic rings. The van der Waals surface area contributed by atoms with E-state index in [0.717, 1.165) is 22.2 Å². The number of anilines is 1. The van der Waals surface area contributed by atoms with Crippen molar-refractivity contribution in [2.24, 2.45) is 0 Å². The molecular weight excluding hydrogens is 379 g/mol. The molecule has 0 spiro atoms. The summed E-state index contributed by atoms with van der Waals surface area (Å²) >= 11 is 6.07. The first kappa shape index (κ1) is 23.8. The largest absolute Gasteiger partial charge is 0.399 e. The second kappa shape index (κ2) is 12.9. The lowest BCUT2D eigenvalue weighted by molar-refractivity contribution is 0.222. The zero-order chi connectivity index (χ0) is 21.1. The maximum Gasteiger partial charge on any atom is 0.153 e. The fraction of sp³-hybridized carbons (Fsp3) is 0.500. The van der Waals surface area contributed by atoms with Crippen molar-refractivity contribution in [1.82, 2.24) is 4.90 Å². The third-order valence-corrected chi connectivity index (χ3v) is 5.71. The zero-order valence-corrected chi connectivity index (χ0v) is 18.7. The van der Waals surface area contributed by atoms with Crippen LogP contribution in [-0.4, -0.2) is 43.0 Å². The van der Waals surface area contributed by atoms with E-state index in [-0.39, 0.29) is 6.61 Å². The smallest absolute Gasteiger partial charge is 0.153 e. The monoisotopic (exact) mass is 413 g/mol. The van der Waals surface area contributed by atoms with Crippen LogP contribution < -0.4 is 11.2 Å². The van der Waals surface area contributed by atoms with Crippen molar-refractivity contribution in [3.8, 4) is 0 Å². The van der Waals surface area contributed by atoms with Crippen LogP contribution in [0.4, 0.5) is 5.69 Å². The van der Waals surface area contributed by atoms with E-state index in [1.165, 1.54) is 56.3 Å². The minimum Gasteiger partial charge on any atom is -0.399 e. The summed E-state index contributed by atoms with van der Waals surface area (Å²) in [5.74, 6) is 0. The highest BCUT2D eigenvalue weighted by atomic mass is 35.5. The number of aryl methyl sites for hydroxylation is 1. The molecule has 1 aliphatic carbocycles. The molecule has 4 rings (SSSR count). The molecule has 1 saturated heterocycles. The van der Waals surface area contributed by atoms with Crippen LogP contribution in [0.5, 0.6) is 0 Å². The van der Waals surface area contributed by atoms with Gasteiger partial charge >= 0.3 is 0 Å². The van der Waals surface area contributed by atoms with Crippen LogP contribution in [0, 0.1) is 0 Å². The molecule has 5 heteroatoms. The summed E-state index contributed by atoms with van der Waals surface area (Å²) in [5.41, 5.74) is 10.4. The maximum absolute atomic E-state index is 8.53. The molecule has 1 fully saturated rings. The molecule has 0 amide bonds. The van der Waals surface area contributed by atoms with Crippen LogP contribution in [0.3, 0.4) is 0 Å². The Morgan fingerprint density at radius 2 is 1.76 bits per heavy atom. The molecular formula is C24H35BClN2O. The van der Waals surface area contributed by atoms with Crippen molar-refractivity contribution >= 4 is 30.0 Å². The number of nitrogen functional groups attached to an aromatic ring is 1. The van der Waals surface area contributed by atoms with Crippen LogP contribution in [-0.2, 0) is 12.8 Å². The van der Waals surface area contributed by atoms with E-state index in [9.17, 15) is 0 Å². The van der Waals surface area contributed by atoms with Gasteiger partial charge in [0.15, 0.2) is 7.28 Å². The number of rotatable bonds is 4. The average molecular weight is 414 g/mol. The van der Waals surface area contributed by atoms with Gasteiger partial charge in [0, 0.05) is 23.4 Å². The lowest BCUT2D eigenvalue weighted by Crippen LogP contribution is -2.37. The number of benzene rings is 2. The van der Waals surface area contributed by atoms with E-state index in [0.29, 0.717) is 6.32 Å². The lowest BCUT2D eigenvalue weighted by Gasteiger charge is -2.32. The first-order valence-corrected chi connectivity index (χ1v) is 11.3. The van der Waals surface area contributed by atoms with Gasteiger partial charge < -0.3 is 15.7 Å². The number of hydrogen-bond acceptors (Lipinski definition) is 3. The van der Waals surface area contributed by atoms with Crippen molar-refractivity contribution in [2.75, 3.05) is 25.4 Å². The molecule has 1 aliphatic heterocycles. The number of halogens is 1. The van der Waals surface area contributed by atoms with Crippen LogP contribution in [0.1, 0.15) is 44.2 Å². The Kier molecular flexibility index (Phi) is 10.6. The van der Waals surface area contributed by atoms with Gasteiger partial charge in [-0.1, -0.05) is 55.4 Å². The predicted molar refractivity (Wildman–Crippen MR) is 128 cm³/mol. The highest BCUT2D eigenvalue weighted by Gasteiger charge is 2.26. The van der Waals surface area contributed by atoms with Crippen molar-refractivity contribution in [3.05, 3.63) is 58.6 Å². The molecule has 1 unspecified atom stereocenters. The third-order valence-electron chi connectivity index (χ3n) is 5.47. The van der Waals surface area contributed by atoms with E-state index < -0.39 is 0 Å². The second-order valence-corrected chi connectivity index (χ2v) is 7.87. The molecule has 3 nitrogen and oxygen atoms in total. The molecule has 1 atom stereocenters. The fourth-order valence-corrected chi connectivity index (χ4v) is 4.18. The number of hydrogen-bond donors (Lipinski definition) is 2. The van der Waals surface area contributed by atoms with E-state index in [1.54, 1.807) is 0 Å². The molecule has 0 bridgehead atoms. The second-order valence-electron chi connectivity index (χ2n) is 7.44. The molecule has 1 heterocycles. The molecule has 0 saturated carbocycles. The van der Waals surface area contributed by atoms with Gasteiger partial charge in [-0.3, -0.25) is 0 Å². The van der Waals surface area contributed by atoms with Gasteiger partial charge in [-0.2, -0.15) is 0 Å². The van der Waals surface area contributed by atoms with Crippen LogP contribution in [0.15, 0.2) is 42.5 Å². The molecule has 1 radical (unpaired) electrons. The Labute approximate surface area is 182 Å². The van der Waals surface area contributed by atoms with Gasteiger partial charge in [0.1, 0.15) is 0 Å². The Balaban J connectivity index is 0.000000203. The van der Waals surface area contributed by atoms with Gasteiger partial charge in [-0.25, -0.2) is 0 Å². The third kappa shape index (κ3) is 7.69. The molecule has 157 valence electrons. The summed E-state index contributed by atoms with van der Waals surface area (Å²) in [5, 5.41) is 9.42. The maximum atomic E-state index is 8.53. The van der Waals surface area contributed by atoms with Crippen molar-refractivity contribution < 1.29 is 5.11 Å². The number of likely N-dealkylation sites (tertiary alicyclic amines) is 1. The van der Waals surface area contributed by atoms with Crippen molar-refractivity contribution in [1.29, 1.82) is 0 Å². The minimum absolute atomic E-state index is 0.199. The van der Waals surface area contributed by atoms with Crippen LogP contribution in [0.25, 0.3) is 0 Å². The van der Waals surface area contributed by atoms with E-state index in [2.05, 4.69) is 17.0 Å². The summed E-state index contributed by atoms with van der Waals surface area (Å²) in [4.78, 5) is 2.67. The van der Waals surface area contributed by atoms with E-state index >= 15 is 0 Å². The van der Waals surface area contributed by atoms with E-state index in [4.69, 9.17) is 22.4 Å². The lowest BCUT2D eigenvalue weighted by atomic mass is 9.67. The Morgan fingerprint density at radius 3 is 2.41 bits per heavy atom. The quantitative estimate of drug-likeness (QED) is 0.579. The highest BCUT2D eigenvalue weighted by Crippen LogP contribution is 2.28. The molecule has 2 aliphatic rings. The molecule has 3 N–H and O–H groups in total. The summed E-state index contributed by atoms with van der Waals surface area (Å²) in [6.45, 7) is 6.81. The van der Waals surface area contributed by atoms with Crippen molar-refractivity contribution in [2.45, 2.75) is 58.3 Å². The standard InChI is InChI=1S/C14H18ClN.C8H11BNO.C2H6/c15-13-5-3-11-4-6-14(10-12(11)9-13)16-7-1-2-8-16;10-8-3-1-7(2-4-8)9-5-6-11;1-2/h3,5,9,14H,1-2,4,6-8,10H2;1-4,11H,5-6,10H2;1-2H3. The first-order valence-electron chi connectivity index (χ1n) is 11.0. The Morgan fingerprint density at radius 1 is 1.07 bits per heavy atom. The van der Waals surface area contributed by atoms with Crippen LogP contribution in [0.2, 0.25) is 11.3 Å². The number of fused-ring (bicyclic) bond motifs is 1. The number of nitrogens with zero attached hydrogens (tertiary/aromatic N) is 1. The number of nitrogens with two attached hydrogens (primary N) is 1. The summed E-state index contributed by atoms with van der Waals surface area (Å²) in [6, 6.07) is 14.7. The van der Waals surface area contributed by atoms with Gasteiger partial charge in [-0.15, -0.1) is 0 Å². The average Bonchev–Trinajstić information content (AvgIpc) is 3.30. The fourth-order valence-electron chi connectivity index (χ4n) is 3.99. The van der Waals surface area contributed by atoms with Gasteiger partial charge in [0.25, 0.3) is 0 Å². The van der Waals surface area contributed by atoms with Crippen LogP contribution >= 0.6 is 11.6 Å². The van der Waals surface area contributed by atoms with E-state index in [1.807, 2.05) is 51.5 Å². The molecule has 29 heavy (non-hydrogen) atoms. The summed E-state index contributed by atoms with van der Waals surface area (Å²) in [6.07, 6.45) is 7.24. The highest BCUT2D eigenvalue weighted by molar-refractivity contribution is 6.53. The minimum atomic E-state index is 0.199. The van der Waals surface area contributed by atoms with Crippen molar-refractivity contribution in [3.63, 3.8) is 0 Å². The zero-order valence-electron chi connectivity index (χ0n) is 17.9. The molecule has 2 aromatic carbocycles. The SMILES string of the molecule is CC.Clc1ccc2c(c1)CC(N1CCCC1)CC2.Nc1ccc([B]CCO)cc1. The topological polar surface area (TPSA) is 49.5 Å². The van der Waals surface area contributed by atoms with Gasteiger partial charge in [0.2, 0.25) is 0 Å². The number of aliphatic hydroxyl groups excluding tert-OH is 1. The Hall–Kier alpha value is -1.49. The summed E-state index contributed by atoms with van der Waals surface area (Å²) < 4.78 is 0. The van der Waals surface area contributed by atoms with Gasteiger partial charge in [0.05, 0.1) is 0 Å². The summed E-state index contributed by atoms with van der Waals surface area (Å²) in [7, 11) is 1.97. The number of aliphatic hydroxyl groups is 1. The normalized spacial score (nSPS) is 18.0. The predicted octanol–water partition coefficient (Wildman–Crippen LogP) is 4.33.